The Bertz CT molecular complexity index is 149. The summed E-state index contributed by atoms with van der Waals surface area (Å²) in [5, 5.41) is 1.99. The van der Waals surface area contributed by atoms with Crippen molar-refractivity contribution >= 4 is 43.2 Å². The van der Waals surface area contributed by atoms with Crippen molar-refractivity contribution in [1.82, 2.24) is 4.98 Å². The molecule has 1 aromatic heterocycles. The summed E-state index contributed by atoms with van der Waals surface area (Å²) in [4.78, 5) is 4.04. The van der Waals surface area contributed by atoms with E-state index in [4.69, 9.17) is 0 Å². The number of nitrogens with zero attached hydrogens (tertiary/aromatic N) is 1. The second-order valence-corrected chi connectivity index (χ2v) is 4.99. The fourth-order valence-corrected chi connectivity index (χ4v) is 1.76. The van der Waals surface area contributed by atoms with Crippen molar-refractivity contribution in [3.63, 3.8) is 0 Å². The lowest BCUT2D eigenvalue weighted by Gasteiger charge is -1.89. The highest BCUT2D eigenvalue weighted by Gasteiger charge is 2.01. The van der Waals surface area contributed by atoms with Gasteiger partial charge in [-0.25, -0.2) is 4.98 Å². The number of hydrogen-bond donors (Lipinski definition) is 0. The Morgan fingerprint density at radius 3 is 2.62 bits per heavy atom. The van der Waals surface area contributed by atoms with Crippen molar-refractivity contribution < 1.29 is 0 Å². The molecule has 0 aromatic carbocycles. The molecule has 0 amide bonds. The van der Waals surface area contributed by atoms with Gasteiger partial charge in [0.1, 0.15) is 3.74 Å². The summed E-state index contributed by atoms with van der Waals surface area (Å²) in [6, 6.07) is 0. The molecule has 0 aliphatic rings. The van der Waals surface area contributed by atoms with Crippen LogP contribution in [0, 0.1) is 0 Å². The molecule has 0 aliphatic heterocycles. The van der Waals surface area contributed by atoms with E-state index < -0.39 is 0 Å². The van der Waals surface area contributed by atoms with E-state index in [0.717, 1.165) is 5.69 Å². The first kappa shape index (κ1) is 6.71. The van der Waals surface area contributed by atoms with Crippen LogP contribution in [0.1, 0.15) is 9.43 Å². The average molecular weight is 257 g/mol. The van der Waals surface area contributed by atoms with Gasteiger partial charge in [-0.3, -0.25) is 0 Å². The summed E-state index contributed by atoms with van der Waals surface area (Å²) >= 11 is 8.24. The quantitative estimate of drug-likeness (QED) is 0.705. The van der Waals surface area contributed by atoms with Gasteiger partial charge in [0.25, 0.3) is 0 Å². The first-order chi connectivity index (χ1) is 3.80. The van der Waals surface area contributed by atoms with E-state index in [2.05, 4.69) is 36.8 Å². The number of rotatable bonds is 1. The van der Waals surface area contributed by atoms with Crippen LogP contribution in [0.4, 0.5) is 0 Å². The number of aromatic nitrogens is 1. The molecule has 0 bridgehead atoms. The third-order valence-corrected chi connectivity index (χ3v) is 2.22. The Balaban J connectivity index is 2.77. The molecule has 0 saturated heterocycles. The van der Waals surface area contributed by atoms with Crippen LogP contribution in [-0.2, 0) is 0 Å². The summed E-state index contributed by atoms with van der Waals surface area (Å²) in [6.07, 6.45) is 0. The molecule has 4 heteroatoms. The van der Waals surface area contributed by atoms with Gasteiger partial charge in [-0.15, -0.1) is 11.3 Å². The predicted octanol–water partition coefficient (Wildman–Crippen LogP) is 2.93. The minimum Gasteiger partial charge on any atom is -0.248 e. The number of hydrogen-bond acceptors (Lipinski definition) is 2. The van der Waals surface area contributed by atoms with Crippen molar-refractivity contribution in [1.29, 1.82) is 0 Å². The number of halogens is 2. The van der Waals surface area contributed by atoms with Crippen molar-refractivity contribution in [3.05, 3.63) is 16.6 Å². The van der Waals surface area contributed by atoms with Gasteiger partial charge in [0.05, 0.1) is 11.2 Å². The van der Waals surface area contributed by atoms with Gasteiger partial charge in [-0.2, -0.15) is 0 Å². The molecule has 0 N–H and O–H groups in total. The topological polar surface area (TPSA) is 12.9 Å². The van der Waals surface area contributed by atoms with Crippen LogP contribution < -0.4 is 0 Å². The third kappa shape index (κ3) is 1.53. The van der Waals surface area contributed by atoms with Crippen LogP contribution >= 0.6 is 43.2 Å². The van der Waals surface area contributed by atoms with Crippen molar-refractivity contribution in [2.45, 2.75) is 3.74 Å². The van der Waals surface area contributed by atoms with Crippen LogP contribution in [0.25, 0.3) is 0 Å². The van der Waals surface area contributed by atoms with Crippen molar-refractivity contribution in [2.24, 2.45) is 0 Å². The third-order valence-electron chi connectivity index (χ3n) is 0.675. The van der Waals surface area contributed by atoms with E-state index in [9.17, 15) is 0 Å². The highest BCUT2D eigenvalue weighted by atomic mass is 79.9. The fourth-order valence-electron chi connectivity index (χ4n) is 0.330. The Kier molecular flexibility index (Phi) is 2.46. The molecule has 0 saturated carbocycles. The average Bonchev–Trinajstić information content (AvgIpc) is 2.12. The summed E-state index contributed by atoms with van der Waals surface area (Å²) in [7, 11) is 0. The van der Waals surface area contributed by atoms with E-state index >= 15 is 0 Å². The van der Waals surface area contributed by atoms with Gasteiger partial charge in [0.15, 0.2) is 0 Å². The van der Waals surface area contributed by atoms with Gasteiger partial charge in [0.2, 0.25) is 0 Å². The normalized spacial score (nSPS) is 10.4. The van der Waals surface area contributed by atoms with E-state index in [0.29, 0.717) is 0 Å². The molecule has 0 fully saturated rings. The number of alkyl halides is 2. The monoisotopic (exact) mass is 255 g/mol. The molecular weight excluding hydrogens is 254 g/mol. The Morgan fingerprint density at radius 1 is 1.62 bits per heavy atom. The lowest BCUT2D eigenvalue weighted by Crippen LogP contribution is -1.75. The zero-order valence-corrected chi connectivity index (χ0v) is 7.83. The molecular formula is C4H3Br2NS. The highest BCUT2D eigenvalue weighted by molar-refractivity contribution is 9.24. The largest absolute Gasteiger partial charge is 0.248 e. The molecule has 1 heterocycles. The lowest BCUT2D eigenvalue weighted by atomic mass is 10.6. The SMILES string of the molecule is BrC(Br)c1cscn1. The second kappa shape index (κ2) is 2.94. The van der Waals surface area contributed by atoms with Crippen molar-refractivity contribution in [2.75, 3.05) is 0 Å². The fraction of sp³-hybridized carbons (Fsp3) is 0.250. The summed E-state index contributed by atoms with van der Waals surface area (Å²) < 4.78 is 0.209. The maximum atomic E-state index is 4.04. The van der Waals surface area contributed by atoms with Gasteiger partial charge in [-0.05, 0) is 0 Å². The summed E-state index contributed by atoms with van der Waals surface area (Å²) in [5.74, 6) is 0. The summed E-state index contributed by atoms with van der Waals surface area (Å²) in [5.41, 5.74) is 2.85. The maximum Gasteiger partial charge on any atom is 0.112 e. The number of thiazole rings is 1. The van der Waals surface area contributed by atoms with Crippen LogP contribution in [0.5, 0.6) is 0 Å². The van der Waals surface area contributed by atoms with Gasteiger partial charge >= 0.3 is 0 Å². The van der Waals surface area contributed by atoms with E-state index in [1.807, 2.05) is 10.9 Å². The van der Waals surface area contributed by atoms with Gasteiger partial charge in [-0.1, -0.05) is 31.9 Å². The zero-order valence-electron chi connectivity index (χ0n) is 3.84. The zero-order chi connectivity index (χ0) is 5.98. The second-order valence-electron chi connectivity index (χ2n) is 1.21. The minimum absolute atomic E-state index is 0.209. The smallest absolute Gasteiger partial charge is 0.112 e. The maximum absolute atomic E-state index is 4.04. The molecule has 1 rings (SSSR count). The van der Waals surface area contributed by atoms with E-state index in [1.54, 1.807) is 11.3 Å². The van der Waals surface area contributed by atoms with Crippen LogP contribution in [0.2, 0.25) is 0 Å². The minimum atomic E-state index is 0.209. The van der Waals surface area contributed by atoms with E-state index in [1.165, 1.54) is 0 Å². The molecule has 1 nitrogen and oxygen atoms in total. The molecule has 0 aliphatic carbocycles. The molecule has 0 atom stereocenters. The Morgan fingerprint density at radius 2 is 2.38 bits per heavy atom. The standard InChI is InChI=1S/C4H3Br2NS/c5-4(6)3-1-8-2-7-3/h1-2,4H. The van der Waals surface area contributed by atoms with Crippen LogP contribution in [0.15, 0.2) is 10.9 Å². The summed E-state index contributed by atoms with van der Waals surface area (Å²) in [6.45, 7) is 0. The Labute approximate surface area is 68.4 Å². The first-order valence-electron chi connectivity index (χ1n) is 1.97. The molecule has 44 valence electrons. The van der Waals surface area contributed by atoms with Gasteiger partial charge in [0, 0.05) is 5.38 Å². The molecule has 0 unspecified atom stereocenters. The Hall–Kier alpha value is 0.590. The first-order valence-corrected chi connectivity index (χ1v) is 4.74. The molecule has 0 spiro atoms. The van der Waals surface area contributed by atoms with Crippen molar-refractivity contribution in [3.8, 4) is 0 Å². The van der Waals surface area contributed by atoms with Crippen LogP contribution in [0.3, 0.4) is 0 Å². The molecule has 8 heavy (non-hydrogen) atoms. The van der Waals surface area contributed by atoms with Crippen LogP contribution in [-0.4, -0.2) is 4.98 Å². The predicted molar refractivity (Wildman–Crippen MR) is 42.7 cm³/mol. The van der Waals surface area contributed by atoms with Gasteiger partial charge < -0.3 is 0 Å². The molecule has 1 aromatic rings. The van der Waals surface area contributed by atoms with E-state index in [-0.39, 0.29) is 3.74 Å². The lowest BCUT2D eigenvalue weighted by molar-refractivity contribution is 1.24. The molecule has 0 radical (unpaired) electrons. The highest BCUT2D eigenvalue weighted by Crippen LogP contribution is 2.27.